The molecule has 0 aliphatic carbocycles. The zero-order valence-corrected chi connectivity index (χ0v) is 18.2. The Balaban J connectivity index is 1.94. The fourth-order valence-electron chi connectivity index (χ4n) is 2.90. The van der Waals surface area contributed by atoms with E-state index in [-0.39, 0.29) is 12.9 Å². The molecule has 32 heavy (non-hydrogen) atoms. The first-order valence-corrected chi connectivity index (χ1v) is 10.1. The van der Waals surface area contributed by atoms with Crippen LogP contribution in [0.5, 0.6) is 5.75 Å². The van der Waals surface area contributed by atoms with Gasteiger partial charge in [-0.3, -0.25) is 0 Å². The molecule has 164 valence electrons. The normalized spacial score (nSPS) is 11.3. The molecule has 1 heterocycles. The van der Waals surface area contributed by atoms with Crippen LogP contribution < -0.4 is 10.1 Å². The van der Waals surface area contributed by atoms with E-state index in [0.29, 0.717) is 33.4 Å². The molecule has 0 radical (unpaired) electrons. The number of carbonyl (C=O) groups excluding carboxylic acids is 1. The van der Waals surface area contributed by atoms with Gasteiger partial charge in [-0.1, -0.05) is 41.9 Å². The third kappa shape index (κ3) is 5.86. The van der Waals surface area contributed by atoms with Gasteiger partial charge in [0.2, 0.25) is 12.7 Å². The van der Waals surface area contributed by atoms with Gasteiger partial charge in [0.1, 0.15) is 11.8 Å². The van der Waals surface area contributed by atoms with Gasteiger partial charge in [-0.05, 0) is 37.6 Å². The lowest BCUT2D eigenvalue weighted by atomic mass is 9.96. The van der Waals surface area contributed by atoms with Crippen LogP contribution in [0.1, 0.15) is 36.6 Å². The zero-order valence-electron chi connectivity index (χ0n) is 17.5. The maximum atomic E-state index is 11.6. The molecule has 0 saturated heterocycles. The number of hydrogen-bond donors (Lipinski definition) is 1. The summed E-state index contributed by atoms with van der Waals surface area (Å²) >= 11 is 6.54. The maximum absolute atomic E-state index is 11.6. The number of aromatic nitrogens is 2. The van der Waals surface area contributed by atoms with Crippen LogP contribution in [-0.4, -0.2) is 29.0 Å². The lowest BCUT2D eigenvalue weighted by Gasteiger charge is -2.23. The van der Waals surface area contributed by atoms with Crippen molar-refractivity contribution in [2.24, 2.45) is 0 Å². The summed E-state index contributed by atoms with van der Waals surface area (Å²) in [5.74, 6) is 0.805. The standard InChI is InChI=1S/C23H21ClN4O4/c1-15(2)32-23(29)31-14-30-19-10-4-3-8-17(19)21(28-22-26-11-6-12-27-22)18-9-5-7-16(13-25)20(18)24/h3-12,15,21H,14H2,1-2H3,(H,26,27,28). The summed E-state index contributed by atoms with van der Waals surface area (Å²) in [6, 6.07) is 15.6. The molecule has 1 N–H and O–H groups in total. The fourth-order valence-corrected chi connectivity index (χ4v) is 3.18. The van der Waals surface area contributed by atoms with Gasteiger partial charge in [0.25, 0.3) is 0 Å². The van der Waals surface area contributed by atoms with Crippen LogP contribution in [0.2, 0.25) is 5.02 Å². The third-order valence-electron chi connectivity index (χ3n) is 4.25. The number of nitriles is 1. The monoisotopic (exact) mass is 452 g/mol. The van der Waals surface area contributed by atoms with E-state index in [4.69, 9.17) is 25.8 Å². The van der Waals surface area contributed by atoms with Crippen molar-refractivity contribution in [2.45, 2.75) is 26.0 Å². The molecule has 0 saturated carbocycles. The minimum Gasteiger partial charge on any atom is -0.457 e. The van der Waals surface area contributed by atoms with Crippen LogP contribution in [-0.2, 0) is 9.47 Å². The van der Waals surface area contributed by atoms with E-state index in [1.807, 2.05) is 12.1 Å². The van der Waals surface area contributed by atoms with E-state index in [1.165, 1.54) is 0 Å². The number of benzene rings is 2. The van der Waals surface area contributed by atoms with E-state index < -0.39 is 12.2 Å². The lowest BCUT2D eigenvalue weighted by molar-refractivity contribution is -0.00845. The van der Waals surface area contributed by atoms with Gasteiger partial charge in [-0.2, -0.15) is 5.26 Å². The molecule has 0 aliphatic heterocycles. The summed E-state index contributed by atoms with van der Waals surface area (Å²) in [6.07, 6.45) is 2.09. The molecule has 3 aromatic rings. The van der Waals surface area contributed by atoms with Crippen LogP contribution in [0.3, 0.4) is 0 Å². The number of nitrogens with zero attached hydrogens (tertiary/aromatic N) is 3. The van der Waals surface area contributed by atoms with Crippen LogP contribution in [0.4, 0.5) is 10.7 Å². The topological polar surface area (TPSA) is 106 Å². The maximum Gasteiger partial charge on any atom is 0.511 e. The fraction of sp³-hybridized carbons (Fsp3) is 0.217. The Kier molecular flexibility index (Phi) is 7.84. The molecule has 3 rings (SSSR count). The van der Waals surface area contributed by atoms with Gasteiger partial charge in [0.15, 0.2) is 0 Å². The van der Waals surface area contributed by atoms with Crippen molar-refractivity contribution in [3.8, 4) is 11.8 Å². The van der Waals surface area contributed by atoms with Crippen molar-refractivity contribution < 1.29 is 19.0 Å². The van der Waals surface area contributed by atoms with Gasteiger partial charge >= 0.3 is 6.16 Å². The van der Waals surface area contributed by atoms with Crippen molar-refractivity contribution in [3.05, 3.63) is 82.6 Å². The number of para-hydroxylation sites is 1. The molecule has 2 aromatic carbocycles. The predicted molar refractivity (Wildman–Crippen MR) is 118 cm³/mol. The van der Waals surface area contributed by atoms with E-state index in [0.717, 1.165) is 0 Å². The molecule has 1 aromatic heterocycles. The summed E-state index contributed by atoms with van der Waals surface area (Å²) in [5, 5.41) is 12.9. The first-order chi connectivity index (χ1) is 15.5. The molecule has 0 bridgehead atoms. The Morgan fingerprint density at radius 3 is 2.53 bits per heavy atom. The van der Waals surface area contributed by atoms with E-state index in [1.54, 1.807) is 62.6 Å². The second-order valence-electron chi connectivity index (χ2n) is 6.83. The highest BCUT2D eigenvalue weighted by molar-refractivity contribution is 6.32. The van der Waals surface area contributed by atoms with Crippen molar-refractivity contribution in [3.63, 3.8) is 0 Å². The minimum absolute atomic E-state index is 0.301. The zero-order chi connectivity index (χ0) is 22.9. The van der Waals surface area contributed by atoms with Crippen LogP contribution in [0.25, 0.3) is 0 Å². The van der Waals surface area contributed by atoms with Crippen LogP contribution in [0, 0.1) is 11.3 Å². The smallest absolute Gasteiger partial charge is 0.457 e. The van der Waals surface area contributed by atoms with Crippen molar-refractivity contribution in [1.82, 2.24) is 9.97 Å². The first-order valence-electron chi connectivity index (χ1n) is 9.76. The summed E-state index contributed by atoms with van der Waals surface area (Å²) in [4.78, 5) is 20.1. The largest absolute Gasteiger partial charge is 0.511 e. The Morgan fingerprint density at radius 1 is 1.09 bits per heavy atom. The predicted octanol–water partition coefficient (Wildman–Crippen LogP) is 5.10. The van der Waals surface area contributed by atoms with Crippen LogP contribution in [0.15, 0.2) is 60.9 Å². The molecule has 9 heteroatoms. The Labute approximate surface area is 190 Å². The molecule has 0 spiro atoms. The second kappa shape index (κ2) is 11.0. The highest BCUT2D eigenvalue weighted by Crippen LogP contribution is 2.36. The van der Waals surface area contributed by atoms with Gasteiger partial charge in [-0.15, -0.1) is 0 Å². The number of nitrogens with one attached hydrogen (secondary N) is 1. The Morgan fingerprint density at radius 2 is 1.81 bits per heavy atom. The van der Waals surface area contributed by atoms with E-state index in [2.05, 4.69) is 21.4 Å². The van der Waals surface area contributed by atoms with E-state index >= 15 is 0 Å². The number of rotatable bonds is 8. The van der Waals surface area contributed by atoms with Crippen LogP contribution >= 0.6 is 11.6 Å². The lowest BCUT2D eigenvalue weighted by Crippen LogP contribution is -2.18. The van der Waals surface area contributed by atoms with Gasteiger partial charge in [0, 0.05) is 18.0 Å². The van der Waals surface area contributed by atoms with Crippen molar-refractivity contribution >= 4 is 23.7 Å². The molecular formula is C23H21ClN4O4. The summed E-state index contributed by atoms with van der Waals surface area (Å²) in [6.45, 7) is 3.10. The highest BCUT2D eigenvalue weighted by atomic mass is 35.5. The number of ether oxygens (including phenoxy) is 3. The number of anilines is 1. The Bertz CT molecular complexity index is 1100. The number of hydrogen-bond acceptors (Lipinski definition) is 8. The van der Waals surface area contributed by atoms with E-state index in [9.17, 15) is 10.1 Å². The molecule has 0 fully saturated rings. The summed E-state index contributed by atoms with van der Waals surface area (Å²) < 4.78 is 15.6. The molecule has 8 nitrogen and oxygen atoms in total. The first kappa shape index (κ1) is 22.8. The molecule has 0 amide bonds. The van der Waals surface area contributed by atoms with Crippen molar-refractivity contribution in [2.75, 3.05) is 12.1 Å². The average Bonchev–Trinajstić information content (AvgIpc) is 2.78. The average molecular weight is 453 g/mol. The summed E-state index contributed by atoms with van der Waals surface area (Å²) in [5.41, 5.74) is 1.65. The highest BCUT2D eigenvalue weighted by Gasteiger charge is 2.23. The molecule has 1 atom stereocenters. The van der Waals surface area contributed by atoms with Gasteiger partial charge < -0.3 is 19.5 Å². The quantitative estimate of drug-likeness (QED) is 0.371. The number of carbonyl (C=O) groups is 1. The molecule has 0 aliphatic rings. The second-order valence-corrected chi connectivity index (χ2v) is 7.21. The number of halogens is 1. The third-order valence-corrected chi connectivity index (χ3v) is 4.67. The van der Waals surface area contributed by atoms with Gasteiger partial charge in [0.05, 0.1) is 22.7 Å². The molecule has 1 unspecified atom stereocenters. The SMILES string of the molecule is CC(C)OC(=O)OCOc1ccccc1C(Nc1ncccn1)c1cccc(C#N)c1Cl. The summed E-state index contributed by atoms with van der Waals surface area (Å²) in [7, 11) is 0. The van der Waals surface area contributed by atoms with Crippen molar-refractivity contribution in [1.29, 1.82) is 5.26 Å². The van der Waals surface area contributed by atoms with Gasteiger partial charge in [-0.25, -0.2) is 14.8 Å². The minimum atomic E-state index is -0.824. The Hall–Kier alpha value is -3.83. The molecular weight excluding hydrogens is 432 g/mol.